The smallest absolute Gasteiger partial charge is 0.322 e. The molecule has 7 nitrogen and oxygen atoms in total. The Labute approximate surface area is 170 Å². The summed E-state index contributed by atoms with van der Waals surface area (Å²) in [6, 6.07) is 9.58. The van der Waals surface area contributed by atoms with Gasteiger partial charge in [-0.3, -0.25) is 5.41 Å². The predicted octanol–water partition coefficient (Wildman–Crippen LogP) is 3.94. The largest absolute Gasteiger partial charge is 0.382 e. The SMILES string of the molecule is COC[C@@]12CCC[C@@H](C1)N2C(=O)Nc1ccc(C)c(C(=N)N=Cc2ccc[nH]2)c1. The maximum atomic E-state index is 13.0. The highest BCUT2D eigenvalue weighted by molar-refractivity contribution is 6.05. The van der Waals surface area contributed by atoms with Crippen molar-refractivity contribution >= 4 is 23.8 Å². The summed E-state index contributed by atoms with van der Waals surface area (Å²) in [5.41, 5.74) is 2.98. The topological polar surface area (TPSA) is 93.6 Å². The number of urea groups is 1. The molecule has 7 heteroatoms. The molecule has 2 amide bonds. The number of aliphatic imine (C=N–C) groups is 1. The van der Waals surface area contributed by atoms with Crippen LogP contribution in [-0.4, -0.2) is 53.3 Å². The van der Waals surface area contributed by atoms with E-state index >= 15 is 0 Å². The second-order valence-corrected chi connectivity index (χ2v) is 7.97. The van der Waals surface area contributed by atoms with Gasteiger partial charge in [0.05, 0.1) is 24.1 Å². The molecule has 1 saturated carbocycles. The number of methoxy groups -OCH3 is 1. The van der Waals surface area contributed by atoms with Crippen molar-refractivity contribution in [1.82, 2.24) is 9.88 Å². The van der Waals surface area contributed by atoms with Crippen molar-refractivity contribution in [2.75, 3.05) is 19.0 Å². The summed E-state index contributed by atoms with van der Waals surface area (Å²) in [6.45, 7) is 2.52. The van der Waals surface area contributed by atoms with Crippen molar-refractivity contribution in [3.05, 3.63) is 53.3 Å². The fraction of sp³-hybridized carbons (Fsp3) is 0.409. The maximum Gasteiger partial charge on any atom is 0.322 e. The van der Waals surface area contributed by atoms with Gasteiger partial charge in [-0.1, -0.05) is 6.07 Å². The van der Waals surface area contributed by atoms with E-state index in [0.717, 1.165) is 36.9 Å². The highest BCUT2D eigenvalue weighted by Gasteiger charge is 2.56. The van der Waals surface area contributed by atoms with Crippen LogP contribution in [0.1, 0.15) is 42.5 Å². The van der Waals surface area contributed by atoms with Crippen molar-refractivity contribution in [3.8, 4) is 0 Å². The number of H-pyrrole nitrogens is 1. The van der Waals surface area contributed by atoms with E-state index in [1.165, 1.54) is 0 Å². The average Bonchev–Trinajstić information content (AvgIpc) is 3.21. The molecule has 2 bridgehead atoms. The molecule has 1 aliphatic heterocycles. The molecule has 2 fully saturated rings. The highest BCUT2D eigenvalue weighted by atomic mass is 16.5. The molecule has 152 valence electrons. The summed E-state index contributed by atoms with van der Waals surface area (Å²) in [5, 5.41) is 11.3. The van der Waals surface area contributed by atoms with Crippen molar-refractivity contribution in [2.24, 2.45) is 4.99 Å². The molecule has 1 saturated heterocycles. The number of hydrogen-bond acceptors (Lipinski definition) is 3. The highest BCUT2D eigenvalue weighted by Crippen LogP contribution is 2.47. The fourth-order valence-corrected chi connectivity index (χ4v) is 4.64. The van der Waals surface area contributed by atoms with Gasteiger partial charge in [0.15, 0.2) is 5.84 Å². The number of anilines is 1. The molecular formula is C22H27N5O2. The second kappa shape index (κ2) is 7.83. The quantitative estimate of drug-likeness (QED) is 0.530. The first-order valence-electron chi connectivity index (χ1n) is 9.99. The Kier molecular flexibility index (Phi) is 5.24. The van der Waals surface area contributed by atoms with Crippen LogP contribution in [0.4, 0.5) is 10.5 Å². The van der Waals surface area contributed by atoms with Crippen LogP contribution in [0.3, 0.4) is 0 Å². The van der Waals surface area contributed by atoms with Gasteiger partial charge in [-0.15, -0.1) is 0 Å². The molecule has 3 N–H and O–H groups in total. The Morgan fingerprint density at radius 2 is 2.34 bits per heavy atom. The van der Waals surface area contributed by atoms with Gasteiger partial charge in [0.25, 0.3) is 0 Å². The number of benzene rings is 1. The molecule has 1 aromatic carbocycles. The Bertz CT molecular complexity index is 927. The van der Waals surface area contributed by atoms with Gasteiger partial charge in [0.2, 0.25) is 0 Å². The predicted molar refractivity (Wildman–Crippen MR) is 114 cm³/mol. The van der Waals surface area contributed by atoms with Crippen LogP contribution in [-0.2, 0) is 4.74 Å². The van der Waals surface area contributed by atoms with Gasteiger partial charge in [0.1, 0.15) is 0 Å². The zero-order chi connectivity index (χ0) is 20.4. The maximum absolute atomic E-state index is 13.0. The zero-order valence-electron chi connectivity index (χ0n) is 16.9. The Morgan fingerprint density at radius 1 is 1.48 bits per heavy atom. The third-order valence-corrected chi connectivity index (χ3v) is 6.00. The number of amidine groups is 1. The minimum atomic E-state index is -0.164. The van der Waals surface area contributed by atoms with Crippen LogP contribution in [0.15, 0.2) is 41.5 Å². The van der Waals surface area contributed by atoms with Crippen LogP contribution in [0.5, 0.6) is 0 Å². The van der Waals surface area contributed by atoms with Crippen LogP contribution < -0.4 is 5.32 Å². The first-order chi connectivity index (χ1) is 14.0. The molecule has 29 heavy (non-hydrogen) atoms. The van der Waals surface area contributed by atoms with E-state index in [-0.39, 0.29) is 17.4 Å². The van der Waals surface area contributed by atoms with Crippen molar-refractivity contribution in [1.29, 1.82) is 5.41 Å². The molecule has 2 aliphatic rings. The normalized spacial score (nSPS) is 23.1. The number of hydrogen-bond donors (Lipinski definition) is 3. The van der Waals surface area contributed by atoms with Gasteiger partial charge in [-0.2, -0.15) is 0 Å². The summed E-state index contributed by atoms with van der Waals surface area (Å²) < 4.78 is 5.41. The number of carbonyl (C=O) groups is 1. The van der Waals surface area contributed by atoms with E-state index in [9.17, 15) is 4.79 Å². The molecule has 1 aliphatic carbocycles. The molecule has 1 aromatic heterocycles. The molecule has 4 rings (SSSR count). The molecular weight excluding hydrogens is 366 g/mol. The molecule has 0 radical (unpaired) electrons. The average molecular weight is 393 g/mol. The van der Waals surface area contributed by atoms with Crippen LogP contribution in [0.2, 0.25) is 0 Å². The third-order valence-electron chi connectivity index (χ3n) is 6.00. The minimum absolute atomic E-state index is 0.0887. The van der Waals surface area contributed by atoms with Crippen LogP contribution in [0, 0.1) is 12.3 Å². The van der Waals surface area contributed by atoms with Crippen molar-refractivity contribution in [2.45, 2.75) is 44.2 Å². The Hall–Kier alpha value is -2.93. The molecule has 2 atom stereocenters. The number of nitrogens with zero attached hydrogens (tertiary/aromatic N) is 2. The number of carbonyl (C=O) groups excluding carboxylic acids is 1. The molecule has 0 unspecified atom stereocenters. The summed E-state index contributed by atoms with van der Waals surface area (Å²) in [5.74, 6) is 0.157. The standard InChI is InChI=1S/C22H27N5O2/c1-15-7-8-16(11-19(15)20(23)25-13-17-5-4-10-24-17)26-21(28)27-18-6-3-9-22(27,12-18)14-29-2/h4-5,7-8,10-11,13,18,23-24H,3,6,9,12,14H2,1-2H3,(H,26,28)/t18-,22+/m0/s1. The van der Waals surface area contributed by atoms with E-state index in [1.54, 1.807) is 13.3 Å². The van der Waals surface area contributed by atoms with Gasteiger partial charge < -0.3 is 19.9 Å². The summed E-state index contributed by atoms with van der Waals surface area (Å²) >= 11 is 0. The first kappa shape index (κ1) is 19.4. The number of aryl methyl sites for hydroxylation is 1. The summed E-state index contributed by atoms with van der Waals surface area (Å²) in [6.07, 6.45) is 7.64. The van der Waals surface area contributed by atoms with Gasteiger partial charge in [-0.25, -0.2) is 9.79 Å². The lowest BCUT2D eigenvalue weighted by Gasteiger charge is -2.61. The number of aromatic amines is 1. The number of nitrogens with one attached hydrogen (secondary N) is 3. The Morgan fingerprint density at radius 3 is 3.07 bits per heavy atom. The lowest BCUT2D eigenvalue weighted by atomic mass is 9.68. The molecule has 2 heterocycles. The number of piperidine rings is 1. The number of ether oxygens (including phenoxy) is 1. The van der Waals surface area contributed by atoms with Crippen molar-refractivity contribution in [3.63, 3.8) is 0 Å². The Balaban J connectivity index is 1.49. The number of amides is 2. The zero-order valence-corrected chi connectivity index (χ0v) is 16.9. The van der Waals surface area contributed by atoms with Gasteiger partial charge in [0, 0.05) is 30.6 Å². The van der Waals surface area contributed by atoms with Gasteiger partial charge >= 0.3 is 6.03 Å². The van der Waals surface area contributed by atoms with Crippen LogP contribution >= 0.6 is 0 Å². The van der Waals surface area contributed by atoms with Crippen molar-refractivity contribution < 1.29 is 9.53 Å². The molecule has 0 spiro atoms. The fourth-order valence-electron chi connectivity index (χ4n) is 4.64. The second-order valence-electron chi connectivity index (χ2n) is 7.97. The number of fused-ring (bicyclic) bond motifs is 2. The summed E-state index contributed by atoms with van der Waals surface area (Å²) in [4.78, 5) is 22.3. The third kappa shape index (κ3) is 3.70. The van der Waals surface area contributed by atoms with E-state index in [4.69, 9.17) is 10.1 Å². The lowest BCUT2D eigenvalue weighted by Crippen LogP contribution is -2.72. The van der Waals surface area contributed by atoms with E-state index in [2.05, 4.69) is 15.3 Å². The van der Waals surface area contributed by atoms with E-state index < -0.39 is 0 Å². The number of aromatic nitrogens is 1. The molecule has 2 aromatic rings. The number of rotatable bonds is 5. The monoisotopic (exact) mass is 393 g/mol. The van der Waals surface area contributed by atoms with E-state index in [0.29, 0.717) is 23.9 Å². The summed E-state index contributed by atoms with van der Waals surface area (Å²) in [7, 11) is 1.69. The van der Waals surface area contributed by atoms with E-state index in [1.807, 2.05) is 48.4 Å². The van der Waals surface area contributed by atoms with Crippen LogP contribution in [0.25, 0.3) is 0 Å². The number of likely N-dealkylation sites (tertiary alicyclic amines) is 1. The minimum Gasteiger partial charge on any atom is -0.382 e. The van der Waals surface area contributed by atoms with Gasteiger partial charge in [-0.05, 0) is 62.4 Å². The first-order valence-corrected chi connectivity index (χ1v) is 9.99. The lowest BCUT2D eigenvalue weighted by molar-refractivity contribution is -0.106.